The average Bonchev–Trinajstić information content (AvgIpc) is 3.15. The van der Waals surface area contributed by atoms with Crippen LogP contribution >= 0.6 is 11.3 Å². The number of nitrogens with zero attached hydrogens (tertiary/aromatic N) is 4. The van der Waals surface area contributed by atoms with Crippen molar-refractivity contribution in [1.29, 1.82) is 10.5 Å². The number of benzene rings is 1. The molecule has 0 saturated carbocycles. The molecule has 1 N–H and O–H groups in total. The molecule has 4 rings (SSSR count). The maximum atomic E-state index is 11.9. The standard InChI is InChI=1S/C24H23N5OS/c1-2-19-20-4-3-16(15-26)13-21(20)31-24(19)28-22-14-18(6-10-27-22)17-7-11-29(12-8-17)23(30)5-9-25/h3-4,6,10,13-14,17H,2,5,7-8,11-12H2,1H3,(H,27,28). The third-order valence-electron chi connectivity index (χ3n) is 5.85. The number of carbonyl (C=O) groups is 1. The monoisotopic (exact) mass is 429 g/mol. The van der Waals surface area contributed by atoms with Crippen molar-refractivity contribution in [3.8, 4) is 12.1 Å². The highest BCUT2D eigenvalue weighted by Crippen LogP contribution is 2.38. The number of hydrogen-bond acceptors (Lipinski definition) is 6. The molecule has 0 aliphatic carbocycles. The molecule has 1 amide bonds. The zero-order chi connectivity index (χ0) is 21.8. The van der Waals surface area contributed by atoms with E-state index in [4.69, 9.17) is 5.26 Å². The topological polar surface area (TPSA) is 92.8 Å². The minimum atomic E-state index is -0.0746. The quantitative estimate of drug-likeness (QED) is 0.609. The normalized spacial score (nSPS) is 14.2. The Kier molecular flexibility index (Phi) is 6.16. The minimum absolute atomic E-state index is 0.0429. The second-order valence-electron chi connectivity index (χ2n) is 7.68. The van der Waals surface area contributed by atoms with Crippen LogP contribution in [-0.2, 0) is 11.2 Å². The van der Waals surface area contributed by atoms with Gasteiger partial charge in [-0.1, -0.05) is 13.0 Å². The second-order valence-corrected chi connectivity index (χ2v) is 8.73. The molecule has 6 nitrogen and oxygen atoms in total. The molecule has 1 aliphatic heterocycles. The Hall–Kier alpha value is -3.42. The van der Waals surface area contributed by atoms with E-state index in [-0.39, 0.29) is 12.3 Å². The zero-order valence-corrected chi connectivity index (χ0v) is 18.2. The fraction of sp³-hybridized carbons (Fsp3) is 0.333. The van der Waals surface area contributed by atoms with Gasteiger partial charge in [-0.2, -0.15) is 10.5 Å². The van der Waals surface area contributed by atoms with Gasteiger partial charge in [0.1, 0.15) is 12.2 Å². The van der Waals surface area contributed by atoms with Crippen LogP contribution in [0.2, 0.25) is 0 Å². The molecule has 1 fully saturated rings. The fourth-order valence-electron chi connectivity index (χ4n) is 4.20. The van der Waals surface area contributed by atoms with Crippen molar-refractivity contribution in [2.75, 3.05) is 18.4 Å². The first-order valence-corrected chi connectivity index (χ1v) is 11.3. The molecule has 3 heterocycles. The van der Waals surface area contributed by atoms with Gasteiger partial charge >= 0.3 is 0 Å². The first-order chi connectivity index (χ1) is 15.1. The van der Waals surface area contributed by atoms with Gasteiger partial charge in [0.2, 0.25) is 5.91 Å². The summed E-state index contributed by atoms with van der Waals surface area (Å²) in [5.41, 5.74) is 3.12. The number of likely N-dealkylation sites (tertiary alicyclic amines) is 1. The molecular formula is C24H23N5OS. The van der Waals surface area contributed by atoms with E-state index >= 15 is 0 Å². The van der Waals surface area contributed by atoms with Crippen LogP contribution in [0.5, 0.6) is 0 Å². The third kappa shape index (κ3) is 4.38. The van der Waals surface area contributed by atoms with Crippen LogP contribution in [0.1, 0.15) is 48.8 Å². The summed E-state index contributed by atoms with van der Waals surface area (Å²) in [5, 5.41) is 23.7. The van der Waals surface area contributed by atoms with Gasteiger partial charge in [-0.05, 0) is 66.0 Å². The Balaban J connectivity index is 1.52. The van der Waals surface area contributed by atoms with Crippen LogP contribution in [0.3, 0.4) is 0 Å². The number of hydrogen-bond donors (Lipinski definition) is 1. The fourth-order valence-corrected chi connectivity index (χ4v) is 5.44. The molecule has 0 bridgehead atoms. The Morgan fingerprint density at radius 1 is 1.26 bits per heavy atom. The molecule has 156 valence electrons. The van der Waals surface area contributed by atoms with Crippen LogP contribution in [-0.4, -0.2) is 28.9 Å². The van der Waals surface area contributed by atoms with E-state index in [9.17, 15) is 10.1 Å². The number of aromatic nitrogens is 1. The van der Waals surface area contributed by atoms with E-state index in [1.54, 1.807) is 16.2 Å². The number of pyridine rings is 1. The summed E-state index contributed by atoms with van der Waals surface area (Å²) < 4.78 is 1.10. The van der Waals surface area contributed by atoms with Gasteiger partial charge in [0.25, 0.3) is 0 Å². The Morgan fingerprint density at radius 3 is 2.77 bits per heavy atom. The van der Waals surface area contributed by atoms with E-state index in [0.717, 1.165) is 34.8 Å². The van der Waals surface area contributed by atoms with Gasteiger partial charge in [0, 0.05) is 24.0 Å². The SMILES string of the molecule is CCc1c(Nc2cc(C3CCN(C(=O)CC#N)CC3)ccn2)sc2cc(C#N)ccc12. The van der Waals surface area contributed by atoms with Crippen molar-refractivity contribution in [2.24, 2.45) is 0 Å². The average molecular weight is 430 g/mol. The molecule has 7 heteroatoms. The van der Waals surface area contributed by atoms with E-state index in [1.165, 1.54) is 16.5 Å². The van der Waals surface area contributed by atoms with E-state index in [2.05, 4.69) is 29.4 Å². The summed E-state index contributed by atoms with van der Waals surface area (Å²) in [7, 11) is 0. The number of piperidine rings is 1. The number of aryl methyl sites for hydroxylation is 1. The molecule has 1 saturated heterocycles. The second kappa shape index (κ2) is 9.16. The highest BCUT2D eigenvalue weighted by Gasteiger charge is 2.24. The summed E-state index contributed by atoms with van der Waals surface area (Å²) >= 11 is 1.65. The molecule has 0 radical (unpaired) electrons. The van der Waals surface area contributed by atoms with Crippen molar-refractivity contribution < 1.29 is 4.79 Å². The van der Waals surface area contributed by atoms with Crippen molar-refractivity contribution >= 4 is 38.1 Å². The van der Waals surface area contributed by atoms with Crippen molar-refractivity contribution in [3.05, 3.63) is 53.2 Å². The summed E-state index contributed by atoms with van der Waals surface area (Å²) in [6.07, 6.45) is 4.46. The number of thiophene rings is 1. The van der Waals surface area contributed by atoms with Crippen molar-refractivity contribution in [2.45, 2.75) is 38.5 Å². The van der Waals surface area contributed by atoms with Crippen LogP contribution in [0, 0.1) is 22.7 Å². The highest BCUT2D eigenvalue weighted by atomic mass is 32.1. The summed E-state index contributed by atoms with van der Waals surface area (Å²) in [6.45, 7) is 3.51. The van der Waals surface area contributed by atoms with Crippen molar-refractivity contribution in [3.63, 3.8) is 0 Å². The number of fused-ring (bicyclic) bond motifs is 1. The number of nitrogens with one attached hydrogen (secondary N) is 1. The van der Waals surface area contributed by atoms with E-state index < -0.39 is 0 Å². The number of amides is 1. The van der Waals surface area contributed by atoms with Crippen LogP contribution in [0.4, 0.5) is 10.8 Å². The van der Waals surface area contributed by atoms with Gasteiger partial charge in [0.15, 0.2) is 0 Å². The van der Waals surface area contributed by atoms with Gasteiger partial charge in [-0.15, -0.1) is 11.3 Å². The smallest absolute Gasteiger partial charge is 0.236 e. The molecule has 0 unspecified atom stereocenters. The first kappa shape index (κ1) is 20.8. The van der Waals surface area contributed by atoms with E-state index in [0.29, 0.717) is 24.6 Å². The predicted octanol–water partition coefficient (Wildman–Crippen LogP) is 5.09. The van der Waals surface area contributed by atoms with Crippen molar-refractivity contribution in [1.82, 2.24) is 9.88 Å². The zero-order valence-electron chi connectivity index (χ0n) is 17.4. The lowest BCUT2D eigenvalue weighted by Crippen LogP contribution is -2.37. The Labute approximate surface area is 185 Å². The van der Waals surface area contributed by atoms with Crippen LogP contribution < -0.4 is 5.32 Å². The number of carbonyl (C=O) groups excluding carboxylic acids is 1. The molecule has 0 spiro atoms. The third-order valence-corrected chi connectivity index (χ3v) is 6.96. The molecule has 1 aromatic carbocycles. The Morgan fingerprint density at radius 2 is 2.06 bits per heavy atom. The highest BCUT2D eigenvalue weighted by molar-refractivity contribution is 7.23. The van der Waals surface area contributed by atoms with E-state index in [1.807, 2.05) is 36.5 Å². The molecule has 31 heavy (non-hydrogen) atoms. The maximum Gasteiger partial charge on any atom is 0.236 e. The lowest BCUT2D eigenvalue weighted by atomic mass is 9.90. The number of rotatable bonds is 5. The largest absolute Gasteiger partial charge is 0.342 e. The number of nitriles is 2. The molecular weight excluding hydrogens is 406 g/mol. The number of anilines is 2. The van der Waals surface area contributed by atoms with Gasteiger partial charge in [-0.25, -0.2) is 4.98 Å². The summed E-state index contributed by atoms with van der Waals surface area (Å²) in [6, 6.07) is 14.1. The molecule has 3 aromatic rings. The first-order valence-electron chi connectivity index (χ1n) is 10.5. The predicted molar refractivity (Wildman–Crippen MR) is 122 cm³/mol. The summed E-state index contributed by atoms with van der Waals surface area (Å²) in [5.74, 6) is 1.11. The maximum absolute atomic E-state index is 11.9. The molecule has 2 aromatic heterocycles. The summed E-state index contributed by atoms with van der Waals surface area (Å²) in [4.78, 5) is 18.3. The van der Waals surface area contributed by atoms with Crippen LogP contribution in [0.25, 0.3) is 10.1 Å². The molecule has 0 atom stereocenters. The van der Waals surface area contributed by atoms with Gasteiger partial charge in [0.05, 0.1) is 22.7 Å². The van der Waals surface area contributed by atoms with Crippen LogP contribution in [0.15, 0.2) is 36.5 Å². The molecule has 1 aliphatic rings. The van der Waals surface area contributed by atoms with Gasteiger partial charge < -0.3 is 10.2 Å². The lowest BCUT2D eigenvalue weighted by molar-refractivity contribution is -0.131. The van der Waals surface area contributed by atoms with Gasteiger partial charge in [-0.3, -0.25) is 4.79 Å². The Bertz CT molecular complexity index is 1190. The minimum Gasteiger partial charge on any atom is -0.342 e. The lowest BCUT2D eigenvalue weighted by Gasteiger charge is -2.32.